The van der Waals surface area contributed by atoms with Gasteiger partial charge < -0.3 is 0 Å². The van der Waals surface area contributed by atoms with Crippen LogP contribution in [0, 0.1) is 0 Å². The molecule has 0 bridgehead atoms. The summed E-state index contributed by atoms with van der Waals surface area (Å²) in [6.45, 7) is 0. The van der Waals surface area contributed by atoms with Crippen molar-refractivity contribution in [1.82, 2.24) is 4.98 Å². The highest BCUT2D eigenvalue weighted by atomic mass is 32.2. The van der Waals surface area contributed by atoms with Crippen LogP contribution in [-0.2, 0) is 0 Å². The number of hydrogen-bond donors (Lipinski definition) is 0. The Morgan fingerprint density at radius 2 is 2.27 bits per heavy atom. The van der Waals surface area contributed by atoms with E-state index in [1.807, 2.05) is 30.5 Å². The maximum atomic E-state index is 4.23. The van der Waals surface area contributed by atoms with Crippen LogP contribution in [0.3, 0.4) is 0 Å². The van der Waals surface area contributed by atoms with Crippen LogP contribution in [0.15, 0.2) is 40.8 Å². The molecule has 2 rings (SSSR count). The lowest BCUT2D eigenvalue weighted by Gasteiger charge is -1.97. The van der Waals surface area contributed by atoms with Crippen molar-refractivity contribution in [1.29, 1.82) is 0 Å². The highest BCUT2D eigenvalue weighted by molar-refractivity contribution is 8.02. The fourth-order valence-electron chi connectivity index (χ4n) is 0.932. The molecule has 1 aliphatic heterocycles. The van der Waals surface area contributed by atoms with Crippen molar-refractivity contribution in [3.05, 3.63) is 41.6 Å². The zero-order chi connectivity index (χ0) is 7.52. The van der Waals surface area contributed by atoms with Gasteiger partial charge in [-0.3, -0.25) is 4.98 Å². The van der Waals surface area contributed by atoms with Gasteiger partial charge >= 0.3 is 0 Å². The Hall–Kier alpha value is -1.02. The van der Waals surface area contributed by atoms with Gasteiger partial charge in [-0.05, 0) is 23.6 Å². The zero-order valence-corrected chi connectivity index (χ0v) is 6.71. The van der Waals surface area contributed by atoms with Crippen LogP contribution in [0.5, 0.6) is 0 Å². The average Bonchev–Trinajstić information content (AvgIpc) is 2.28. The molecule has 1 nitrogen and oxygen atoms in total. The molecule has 0 aliphatic carbocycles. The highest BCUT2D eigenvalue weighted by Gasteiger charge is 1.99. The Balaban J connectivity index is 2.52. The van der Waals surface area contributed by atoms with E-state index in [4.69, 9.17) is 0 Å². The first-order valence-corrected chi connectivity index (χ1v) is 4.30. The Morgan fingerprint density at radius 1 is 1.27 bits per heavy atom. The van der Waals surface area contributed by atoms with Gasteiger partial charge in [-0.2, -0.15) is 0 Å². The number of aromatic nitrogens is 1. The van der Waals surface area contributed by atoms with Crippen molar-refractivity contribution in [3.63, 3.8) is 0 Å². The lowest BCUT2D eigenvalue weighted by Crippen LogP contribution is -1.80. The first kappa shape index (κ1) is 6.68. The number of hydrogen-bond acceptors (Lipinski definition) is 2. The summed E-state index contributed by atoms with van der Waals surface area (Å²) in [7, 11) is 0. The standard InChI is InChI=1S/C9H7NS/c1-2-7-11-9-5-3-6-10-8(9)4-1/h1-7H. The number of fused-ring (bicyclic) bond motifs is 1. The maximum absolute atomic E-state index is 4.23. The molecule has 1 aliphatic rings. The molecule has 0 radical (unpaired) electrons. The summed E-state index contributed by atoms with van der Waals surface area (Å²) in [5.74, 6) is 0. The van der Waals surface area contributed by atoms with Crippen molar-refractivity contribution >= 4 is 17.8 Å². The molecular weight excluding hydrogens is 154 g/mol. The molecule has 0 atom stereocenters. The van der Waals surface area contributed by atoms with E-state index in [0.717, 1.165) is 5.69 Å². The van der Waals surface area contributed by atoms with Crippen molar-refractivity contribution in [2.45, 2.75) is 4.90 Å². The Kier molecular flexibility index (Phi) is 1.78. The highest BCUT2D eigenvalue weighted by Crippen LogP contribution is 2.24. The first-order chi connectivity index (χ1) is 5.47. The van der Waals surface area contributed by atoms with Gasteiger partial charge in [0.15, 0.2) is 0 Å². The van der Waals surface area contributed by atoms with E-state index < -0.39 is 0 Å². The SMILES string of the molecule is C1=CSc2cccnc2C=C1. The lowest BCUT2D eigenvalue weighted by atomic mass is 10.3. The number of thioether (sulfide) groups is 1. The van der Waals surface area contributed by atoms with Crippen LogP contribution >= 0.6 is 11.8 Å². The maximum Gasteiger partial charge on any atom is 0.0768 e. The van der Waals surface area contributed by atoms with E-state index in [0.29, 0.717) is 0 Å². The summed E-state index contributed by atoms with van der Waals surface area (Å²) in [6, 6.07) is 4.03. The third-order valence-corrected chi connectivity index (χ3v) is 2.33. The van der Waals surface area contributed by atoms with Crippen molar-refractivity contribution < 1.29 is 0 Å². The Morgan fingerprint density at radius 3 is 3.27 bits per heavy atom. The summed E-state index contributed by atoms with van der Waals surface area (Å²) in [6.07, 6.45) is 7.86. The smallest absolute Gasteiger partial charge is 0.0768 e. The third-order valence-electron chi connectivity index (χ3n) is 1.44. The zero-order valence-electron chi connectivity index (χ0n) is 5.90. The van der Waals surface area contributed by atoms with E-state index in [1.54, 1.807) is 11.8 Å². The Labute approximate surface area is 69.8 Å². The van der Waals surface area contributed by atoms with Gasteiger partial charge in [0.25, 0.3) is 0 Å². The Bertz CT molecular complexity index is 315. The molecule has 54 valence electrons. The molecule has 0 aromatic carbocycles. The van der Waals surface area contributed by atoms with Crippen LogP contribution in [0.2, 0.25) is 0 Å². The summed E-state index contributed by atoms with van der Waals surface area (Å²) in [4.78, 5) is 5.45. The van der Waals surface area contributed by atoms with Gasteiger partial charge in [-0.25, -0.2) is 0 Å². The fraction of sp³-hybridized carbons (Fsp3) is 0. The monoisotopic (exact) mass is 161 g/mol. The number of nitrogens with zero attached hydrogens (tertiary/aromatic N) is 1. The van der Waals surface area contributed by atoms with Crippen LogP contribution in [0.4, 0.5) is 0 Å². The molecule has 2 heteroatoms. The molecule has 0 spiro atoms. The van der Waals surface area contributed by atoms with Crippen molar-refractivity contribution in [2.75, 3.05) is 0 Å². The topological polar surface area (TPSA) is 12.9 Å². The van der Waals surface area contributed by atoms with E-state index in [9.17, 15) is 0 Å². The van der Waals surface area contributed by atoms with Crippen LogP contribution < -0.4 is 0 Å². The second kappa shape index (κ2) is 2.93. The minimum Gasteiger partial charge on any atom is -0.256 e. The summed E-state index contributed by atoms with van der Waals surface area (Å²) in [5.41, 5.74) is 1.06. The molecule has 0 unspecified atom stereocenters. The molecule has 0 fully saturated rings. The molecule has 0 saturated carbocycles. The molecule has 2 heterocycles. The minimum atomic E-state index is 1.06. The fourth-order valence-corrected chi connectivity index (χ4v) is 1.65. The number of pyridine rings is 1. The normalized spacial score (nSPS) is 14.2. The van der Waals surface area contributed by atoms with E-state index in [1.165, 1.54) is 4.90 Å². The van der Waals surface area contributed by atoms with Crippen molar-refractivity contribution in [2.24, 2.45) is 0 Å². The second-order valence-electron chi connectivity index (χ2n) is 2.19. The van der Waals surface area contributed by atoms with Gasteiger partial charge in [0.05, 0.1) is 5.69 Å². The van der Waals surface area contributed by atoms with Gasteiger partial charge in [0.1, 0.15) is 0 Å². The molecular formula is C9H7NS. The van der Waals surface area contributed by atoms with E-state index in [2.05, 4.69) is 16.5 Å². The van der Waals surface area contributed by atoms with Crippen LogP contribution in [0.25, 0.3) is 6.08 Å². The predicted octanol–water partition coefficient (Wildman–Crippen LogP) is 2.71. The molecule has 0 N–H and O–H groups in total. The van der Waals surface area contributed by atoms with E-state index in [-0.39, 0.29) is 0 Å². The van der Waals surface area contributed by atoms with Crippen molar-refractivity contribution in [3.8, 4) is 0 Å². The number of allylic oxidation sites excluding steroid dienone is 2. The van der Waals surface area contributed by atoms with Gasteiger partial charge in [0, 0.05) is 11.1 Å². The first-order valence-electron chi connectivity index (χ1n) is 3.42. The van der Waals surface area contributed by atoms with Crippen LogP contribution in [-0.4, -0.2) is 4.98 Å². The lowest BCUT2D eigenvalue weighted by molar-refractivity contribution is 1.21. The molecule has 0 saturated heterocycles. The van der Waals surface area contributed by atoms with Gasteiger partial charge in [-0.1, -0.05) is 23.9 Å². The summed E-state index contributed by atoms with van der Waals surface area (Å²) < 4.78 is 0. The molecule has 11 heavy (non-hydrogen) atoms. The quantitative estimate of drug-likeness (QED) is 0.580. The molecule has 1 aromatic rings. The summed E-state index contributed by atoms with van der Waals surface area (Å²) in [5, 5.41) is 2.06. The second-order valence-corrected chi connectivity index (χ2v) is 3.14. The number of rotatable bonds is 0. The molecule has 1 aromatic heterocycles. The third kappa shape index (κ3) is 1.35. The van der Waals surface area contributed by atoms with E-state index >= 15 is 0 Å². The van der Waals surface area contributed by atoms with Gasteiger partial charge in [-0.15, -0.1) is 0 Å². The predicted molar refractivity (Wildman–Crippen MR) is 48.3 cm³/mol. The average molecular weight is 161 g/mol. The van der Waals surface area contributed by atoms with Crippen LogP contribution in [0.1, 0.15) is 5.69 Å². The van der Waals surface area contributed by atoms with Gasteiger partial charge in [0.2, 0.25) is 0 Å². The molecule has 0 amide bonds. The summed E-state index contributed by atoms with van der Waals surface area (Å²) >= 11 is 1.70. The largest absolute Gasteiger partial charge is 0.256 e. The minimum absolute atomic E-state index is 1.06.